The number of nitrogens with one attached hydrogen (secondary N) is 1. The third kappa shape index (κ3) is 3.25. The number of nitrogens with zero attached hydrogens (tertiary/aromatic N) is 3. The summed E-state index contributed by atoms with van der Waals surface area (Å²) >= 11 is 0. The number of hydrogen-bond acceptors (Lipinski definition) is 5. The summed E-state index contributed by atoms with van der Waals surface area (Å²) in [6.07, 6.45) is 2.38. The molecule has 1 unspecified atom stereocenters. The second kappa shape index (κ2) is 5.43. The summed E-state index contributed by atoms with van der Waals surface area (Å²) in [5.41, 5.74) is 2.18. The molecule has 2 aromatic rings. The van der Waals surface area contributed by atoms with Gasteiger partial charge in [-0.2, -0.15) is 0 Å². The summed E-state index contributed by atoms with van der Waals surface area (Å²) < 4.78 is 0. The first-order valence-corrected chi connectivity index (χ1v) is 5.86. The number of aryl methyl sites for hydroxylation is 1. The largest absolute Gasteiger partial charge is 0.348 e. The highest BCUT2D eigenvalue weighted by molar-refractivity contribution is 5.35. The van der Waals surface area contributed by atoms with E-state index in [9.17, 15) is 10.1 Å². The number of rotatable bonds is 4. The molecule has 0 saturated heterocycles. The normalized spacial score (nSPS) is 11.9. The van der Waals surface area contributed by atoms with Crippen molar-refractivity contribution in [1.82, 2.24) is 9.97 Å². The van der Waals surface area contributed by atoms with Gasteiger partial charge in [0.15, 0.2) is 0 Å². The zero-order valence-corrected chi connectivity index (χ0v) is 10.7. The van der Waals surface area contributed by atoms with Gasteiger partial charge < -0.3 is 5.32 Å². The topological polar surface area (TPSA) is 81.0 Å². The van der Waals surface area contributed by atoms with E-state index in [0.29, 0.717) is 5.95 Å². The second-order valence-corrected chi connectivity index (χ2v) is 4.30. The van der Waals surface area contributed by atoms with Crippen molar-refractivity contribution in [1.29, 1.82) is 0 Å². The molecule has 0 aliphatic heterocycles. The van der Waals surface area contributed by atoms with Crippen LogP contribution < -0.4 is 5.32 Å². The number of hydrogen-bond donors (Lipinski definition) is 1. The van der Waals surface area contributed by atoms with Crippen molar-refractivity contribution in [2.45, 2.75) is 19.9 Å². The fourth-order valence-electron chi connectivity index (χ4n) is 1.62. The van der Waals surface area contributed by atoms with Crippen LogP contribution in [0.15, 0.2) is 36.7 Å². The fraction of sp³-hybridized carbons (Fsp3) is 0.231. The molecule has 0 radical (unpaired) electrons. The van der Waals surface area contributed by atoms with E-state index in [4.69, 9.17) is 0 Å². The van der Waals surface area contributed by atoms with Gasteiger partial charge in [0.05, 0.1) is 11.0 Å². The quantitative estimate of drug-likeness (QED) is 0.673. The Hall–Kier alpha value is -2.50. The number of aromatic nitrogens is 2. The lowest BCUT2D eigenvalue weighted by Gasteiger charge is -2.13. The van der Waals surface area contributed by atoms with E-state index in [1.54, 1.807) is 0 Å². The molecule has 6 nitrogen and oxygen atoms in total. The van der Waals surface area contributed by atoms with Gasteiger partial charge >= 0.3 is 5.69 Å². The van der Waals surface area contributed by atoms with E-state index in [2.05, 4.69) is 15.3 Å². The lowest BCUT2D eigenvalue weighted by atomic mass is 10.1. The molecule has 1 atom stereocenters. The Morgan fingerprint density at radius 1 is 1.21 bits per heavy atom. The molecule has 2 rings (SSSR count). The van der Waals surface area contributed by atoms with Crippen molar-refractivity contribution in [2.24, 2.45) is 0 Å². The van der Waals surface area contributed by atoms with Crippen molar-refractivity contribution < 1.29 is 4.92 Å². The minimum atomic E-state index is -0.521. The van der Waals surface area contributed by atoms with Crippen molar-refractivity contribution in [3.63, 3.8) is 0 Å². The molecule has 19 heavy (non-hydrogen) atoms. The molecule has 0 spiro atoms. The van der Waals surface area contributed by atoms with E-state index in [0.717, 1.165) is 5.56 Å². The molecule has 1 aromatic heterocycles. The van der Waals surface area contributed by atoms with Crippen molar-refractivity contribution in [3.05, 3.63) is 57.9 Å². The van der Waals surface area contributed by atoms with Crippen LogP contribution in [-0.4, -0.2) is 14.9 Å². The summed E-state index contributed by atoms with van der Waals surface area (Å²) in [4.78, 5) is 17.8. The van der Waals surface area contributed by atoms with E-state index in [-0.39, 0.29) is 11.7 Å². The summed E-state index contributed by atoms with van der Waals surface area (Å²) in [5.74, 6) is 0.374. The SMILES string of the molecule is Cc1ccc(C(C)Nc2ncc([N+](=O)[O-])cn2)cc1. The number of benzene rings is 1. The van der Waals surface area contributed by atoms with E-state index in [1.165, 1.54) is 18.0 Å². The minimum Gasteiger partial charge on any atom is -0.348 e. The first-order chi connectivity index (χ1) is 9.06. The standard InChI is InChI=1S/C13H14N4O2/c1-9-3-5-11(6-4-9)10(2)16-13-14-7-12(8-15-13)17(18)19/h3-8,10H,1-2H3,(H,14,15,16). The predicted octanol–water partition coefficient (Wildman–Crippen LogP) is 2.87. The third-order valence-corrected chi connectivity index (χ3v) is 2.77. The molecule has 0 aliphatic carbocycles. The van der Waals surface area contributed by atoms with E-state index >= 15 is 0 Å². The van der Waals surface area contributed by atoms with E-state index < -0.39 is 4.92 Å². The maximum atomic E-state index is 10.5. The minimum absolute atomic E-state index is 0.0297. The predicted molar refractivity (Wildman–Crippen MR) is 71.9 cm³/mol. The zero-order valence-electron chi connectivity index (χ0n) is 10.7. The van der Waals surface area contributed by atoms with Crippen molar-refractivity contribution in [2.75, 3.05) is 5.32 Å². The van der Waals surface area contributed by atoms with Crippen molar-refractivity contribution in [3.8, 4) is 0 Å². The van der Waals surface area contributed by atoms with Gasteiger partial charge in [0.1, 0.15) is 12.4 Å². The smallest absolute Gasteiger partial charge is 0.305 e. The Bertz CT molecular complexity index is 566. The molecule has 1 heterocycles. The van der Waals surface area contributed by atoms with Crippen LogP contribution >= 0.6 is 0 Å². The molecule has 0 amide bonds. The van der Waals surface area contributed by atoms with Gasteiger partial charge in [-0.1, -0.05) is 29.8 Å². The molecule has 0 aliphatic rings. The average molecular weight is 258 g/mol. The van der Waals surface area contributed by atoms with E-state index in [1.807, 2.05) is 38.1 Å². The Balaban J connectivity index is 2.08. The van der Waals surface area contributed by atoms with Crippen LogP contribution in [0.25, 0.3) is 0 Å². The molecule has 0 saturated carbocycles. The molecule has 1 N–H and O–H groups in total. The Kier molecular flexibility index (Phi) is 3.70. The zero-order chi connectivity index (χ0) is 13.8. The Labute approximate surface area is 110 Å². The highest BCUT2D eigenvalue weighted by Crippen LogP contribution is 2.17. The average Bonchev–Trinajstić information content (AvgIpc) is 2.40. The molecule has 0 bridgehead atoms. The molecule has 98 valence electrons. The first-order valence-electron chi connectivity index (χ1n) is 5.86. The Morgan fingerprint density at radius 2 is 1.79 bits per heavy atom. The first kappa shape index (κ1) is 12.9. The summed E-state index contributed by atoms with van der Waals surface area (Å²) in [6, 6.07) is 8.15. The lowest BCUT2D eigenvalue weighted by molar-refractivity contribution is -0.385. The highest BCUT2D eigenvalue weighted by atomic mass is 16.6. The van der Waals surface area contributed by atoms with Gasteiger partial charge in [-0.25, -0.2) is 9.97 Å². The number of nitro groups is 1. The van der Waals surface area contributed by atoms with Crippen LogP contribution in [0.1, 0.15) is 24.1 Å². The maximum absolute atomic E-state index is 10.5. The summed E-state index contributed by atoms with van der Waals surface area (Å²) in [7, 11) is 0. The van der Waals surface area contributed by atoms with Gasteiger partial charge in [-0.05, 0) is 19.4 Å². The Morgan fingerprint density at radius 3 is 2.32 bits per heavy atom. The fourth-order valence-corrected chi connectivity index (χ4v) is 1.62. The molecular weight excluding hydrogens is 244 g/mol. The maximum Gasteiger partial charge on any atom is 0.305 e. The van der Waals surface area contributed by atoms with Crippen LogP contribution in [0.5, 0.6) is 0 Å². The molecular formula is C13H14N4O2. The summed E-state index contributed by atoms with van der Waals surface area (Å²) in [5, 5.41) is 13.6. The number of anilines is 1. The lowest BCUT2D eigenvalue weighted by Crippen LogP contribution is -2.09. The van der Waals surface area contributed by atoms with Gasteiger partial charge in [0, 0.05) is 0 Å². The van der Waals surface area contributed by atoms with Crippen LogP contribution in [-0.2, 0) is 0 Å². The van der Waals surface area contributed by atoms with Gasteiger partial charge in [0.25, 0.3) is 0 Å². The molecule has 0 fully saturated rings. The van der Waals surface area contributed by atoms with Crippen molar-refractivity contribution >= 4 is 11.6 Å². The van der Waals surface area contributed by atoms with Crippen LogP contribution in [0, 0.1) is 17.0 Å². The molecule has 1 aromatic carbocycles. The summed E-state index contributed by atoms with van der Waals surface area (Å²) in [6.45, 7) is 4.01. The van der Waals surface area contributed by atoms with Gasteiger partial charge in [-0.3, -0.25) is 10.1 Å². The van der Waals surface area contributed by atoms with Gasteiger partial charge in [-0.15, -0.1) is 0 Å². The molecule has 6 heteroatoms. The monoisotopic (exact) mass is 258 g/mol. The van der Waals surface area contributed by atoms with Crippen LogP contribution in [0.3, 0.4) is 0 Å². The highest BCUT2D eigenvalue weighted by Gasteiger charge is 2.09. The van der Waals surface area contributed by atoms with Crippen LogP contribution in [0.4, 0.5) is 11.6 Å². The third-order valence-electron chi connectivity index (χ3n) is 2.77. The van der Waals surface area contributed by atoms with Crippen LogP contribution in [0.2, 0.25) is 0 Å². The second-order valence-electron chi connectivity index (χ2n) is 4.30. The van der Waals surface area contributed by atoms with Gasteiger partial charge in [0.2, 0.25) is 5.95 Å².